The molecule has 0 saturated carbocycles. The molecule has 0 unspecified atom stereocenters. The first-order valence-corrected chi connectivity index (χ1v) is 11.2. The molecule has 1 fully saturated rings. The summed E-state index contributed by atoms with van der Waals surface area (Å²) in [4.78, 5) is 11.5. The van der Waals surface area contributed by atoms with E-state index in [4.69, 9.17) is 16.6 Å². The van der Waals surface area contributed by atoms with E-state index < -0.39 is 17.5 Å². The monoisotopic (exact) mass is 467 g/mol. The minimum atomic E-state index is -0.706. The first-order chi connectivity index (χ1) is 15.9. The van der Waals surface area contributed by atoms with Crippen molar-refractivity contribution in [3.05, 3.63) is 82.9 Å². The van der Waals surface area contributed by atoms with Gasteiger partial charge >= 0.3 is 0 Å². The zero-order chi connectivity index (χ0) is 23.1. The maximum absolute atomic E-state index is 14.7. The van der Waals surface area contributed by atoms with Crippen LogP contribution in [-0.4, -0.2) is 35.0 Å². The predicted molar refractivity (Wildman–Crippen MR) is 125 cm³/mol. The van der Waals surface area contributed by atoms with Crippen LogP contribution in [-0.2, 0) is 0 Å². The Morgan fingerprint density at radius 1 is 0.939 bits per heavy atom. The number of rotatable bonds is 3. The third-order valence-electron chi connectivity index (χ3n) is 6.31. The van der Waals surface area contributed by atoms with Crippen molar-refractivity contribution in [1.82, 2.24) is 14.9 Å². The summed E-state index contributed by atoms with van der Waals surface area (Å²) >= 11 is 6.43. The van der Waals surface area contributed by atoms with E-state index in [1.807, 2.05) is 6.07 Å². The van der Waals surface area contributed by atoms with E-state index in [1.54, 1.807) is 12.1 Å². The molecule has 5 rings (SSSR count). The summed E-state index contributed by atoms with van der Waals surface area (Å²) in [6, 6.07) is 11.7. The van der Waals surface area contributed by atoms with Gasteiger partial charge in [-0.05, 0) is 81.0 Å². The molecular formula is C26H21ClF3N3. The number of aromatic nitrogens is 2. The number of likely N-dealkylation sites (tertiary alicyclic amines) is 1. The summed E-state index contributed by atoms with van der Waals surface area (Å²) in [5.74, 6) is -1.67. The van der Waals surface area contributed by atoms with Gasteiger partial charge in [0.2, 0.25) is 0 Å². The molecule has 1 aliphatic rings. The number of benzene rings is 2. The van der Waals surface area contributed by atoms with Gasteiger partial charge in [-0.3, -0.25) is 9.97 Å². The summed E-state index contributed by atoms with van der Waals surface area (Å²) in [7, 11) is 2.08. The van der Waals surface area contributed by atoms with E-state index in [0.717, 1.165) is 37.2 Å². The summed E-state index contributed by atoms with van der Waals surface area (Å²) in [5.41, 5.74) is 2.50. The number of halogens is 4. The predicted octanol–water partition coefficient (Wildman–Crippen LogP) is 6.84. The van der Waals surface area contributed by atoms with Gasteiger partial charge in [0.15, 0.2) is 0 Å². The van der Waals surface area contributed by atoms with Gasteiger partial charge in [0, 0.05) is 28.8 Å². The Labute approximate surface area is 194 Å². The van der Waals surface area contributed by atoms with E-state index in [-0.39, 0.29) is 22.2 Å². The highest BCUT2D eigenvalue weighted by Gasteiger charge is 2.24. The Bertz CT molecular complexity index is 1330. The number of hydrogen-bond acceptors (Lipinski definition) is 3. The fourth-order valence-electron chi connectivity index (χ4n) is 4.52. The van der Waals surface area contributed by atoms with E-state index >= 15 is 0 Å². The van der Waals surface area contributed by atoms with E-state index in [1.165, 1.54) is 36.5 Å². The Hall–Kier alpha value is -2.96. The van der Waals surface area contributed by atoms with Crippen LogP contribution in [0.3, 0.4) is 0 Å². The Morgan fingerprint density at radius 2 is 1.67 bits per heavy atom. The molecule has 0 aliphatic carbocycles. The van der Waals surface area contributed by atoms with Crippen molar-refractivity contribution in [3.8, 4) is 22.4 Å². The molecule has 0 atom stereocenters. The van der Waals surface area contributed by atoms with Crippen molar-refractivity contribution in [3.63, 3.8) is 0 Å². The maximum Gasteiger partial charge on any atom is 0.135 e. The Kier molecular flexibility index (Phi) is 5.81. The molecule has 3 heterocycles. The van der Waals surface area contributed by atoms with Crippen LogP contribution in [0.15, 0.2) is 54.7 Å². The minimum Gasteiger partial charge on any atom is -0.306 e. The summed E-state index contributed by atoms with van der Waals surface area (Å²) in [6.45, 7) is 1.86. The number of nitrogens with zero attached hydrogens (tertiary/aromatic N) is 3. The van der Waals surface area contributed by atoms with Crippen LogP contribution in [0.25, 0.3) is 33.3 Å². The number of fused-ring (bicyclic) bond motifs is 1. The molecule has 168 valence electrons. The molecule has 0 radical (unpaired) electrons. The van der Waals surface area contributed by atoms with Crippen molar-refractivity contribution in [2.75, 3.05) is 20.1 Å². The zero-order valence-corrected chi connectivity index (χ0v) is 18.7. The summed E-state index contributed by atoms with van der Waals surface area (Å²) in [6.07, 6.45) is 3.33. The van der Waals surface area contributed by atoms with Gasteiger partial charge in [0.25, 0.3) is 0 Å². The second kappa shape index (κ2) is 8.76. The molecule has 1 saturated heterocycles. The highest BCUT2D eigenvalue weighted by Crippen LogP contribution is 2.40. The first kappa shape index (κ1) is 21.9. The van der Waals surface area contributed by atoms with Gasteiger partial charge < -0.3 is 4.90 Å². The van der Waals surface area contributed by atoms with Gasteiger partial charge in [-0.1, -0.05) is 17.7 Å². The van der Waals surface area contributed by atoms with Crippen LogP contribution in [0, 0.1) is 17.5 Å². The first-order valence-electron chi connectivity index (χ1n) is 10.8. The van der Waals surface area contributed by atoms with Crippen LogP contribution < -0.4 is 0 Å². The lowest BCUT2D eigenvalue weighted by molar-refractivity contribution is 0.253. The third-order valence-corrected chi connectivity index (χ3v) is 6.62. The lowest BCUT2D eigenvalue weighted by Crippen LogP contribution is -2.29. The molecule has 0 spiro atoms. The van der Waals surface area contributed by atoms with Crippen LogP contribution in [0.1, 0.15) is 24.5 Å². The minimum absolute atomic E-state index is 0.136. The van der Waals surface area contributed by atoms with Crippen molar-refractivity contribution >= 4 is 22.5 Å². The fraction of sp³-hybridized carbons (Fsp3) is 0.231. The summed E-state index contributed by atoms with van der Waals surface area (Å²) < 4.78 is 43.2. The van der Waals surface area contributed by atoms with Gasteiger partial charge in [-0.15, -0.1) is 0 Å². The lowest BCUT2D eigenvalue weighted by atomic mass is 9.90. The molecule has 4 aromatic rings. The molecule has 1 aliphatic heterocycles. The van der Waals surface area contributed by atoms with Crippen molar-refractivity contribution < 1.29 is 13.2 Å². The van der Waals surface area contributed by atoms with E-state index in [9.17, 15) is 13.2 Å². The number of hydrogen-bond donors (Lipinski definition) is 0. The number of piperidine rings is 1. The molecule has 0 N–H and O–H groups in total. The third kappa shape index (κ3) is 4.09. The topological polar surface area (TPSA) is 29.0 Å². The van der Waals surface area contributed by atoms with Crippen LogP contribution in [0.5, 0.6) is 0 Å². The second-order valence-corrected chi connectivity index (χ2v) is 8.86. The van der Waals surface area contributed by atoms with Crippen molar-refractivity contribution in [1.29, 1.82) is 0 Å². The van der Waals surface area contributed by atoms with Gasteiger partial charge in [-0.2, -0.15) is 0 Å². The molecule has 33 heavy (non-hydrogen) atoms. The van der Waals surface area contributed by atoms with Gasteiger partial charge in [-0.25, -0.2) is 13.2 Å². The lowest BCUT2D eigenvalue weighted by Gasteiger charge is -2.29. The van der Waals surface area contributed by atoms with E-state index in [2.05, 4.69) is 16.9 Å². The summed E-state index contributed by atoms with van der Waals surface area (Å²) in [5, 5.41) is 0.903. The average Bonchev–Trinajstić information content (AvgIpc) is 2.79. The standard InChI is InChI=1S/C26H21ClF3N3/c1-33-11-8-15(9-12-33)23-14-19(17-6-5-16(28)13-20(17)27)18-7-10-31-26(25(18)32-23)24-21(29)3-2-4-22(24)30/h2-7,10,13-15H,8-9,11-12H2,1H3. The normalized spacial score (nSPS) is 15.3. The van der Waals surface area contributed by atoms with Crippen molar-refractivity contribution in [2.24, 2.45) is 0 Å². The van der Waals surface area contributed by atoms with Crippen molar-refractivity contribution in [2.45, 2.75) is 18.8 Å². The highest BCUT2D eigenvalue weighted by atomic mass is 35.5. The van der Waals surface area contributed by atoms with Gasteiger partial charge in [0.05, 0.1) is 16.1 Å². The highest BCUT2D eigenvalue weighted by molar-refractivity contribution is 6.33. The maximum atomic E-state index is 14.7. The van der Waals surface area contributed by atoms with Gasteiger partial charge in [0.1, 0.15) is 23.1 Å². The molecule has 0 amide bonds. The molecule has 7 heteroatoms. The Balaban J connectivity index is 1.80. The van der Waals surface area contributed by atoms with E-state index in [0.29, 0.717) is 16.5 Å². The quantitative estimate of drug-likeness (QED) is 0.330. The smallest absolute Gasteiger partial charge is 0.135 e. The molecule has 2 aromatic heterocycles. The zero-order valence-electron chi connectivity index (χ0n) is 18.0. The number of pyridine rings is 2. The average molecular weight is 468 g/mol. The Morgan fingerprint density at radius 3 is 2.36 bits per heavy atom. The second-order valence-electron chi connectivity index (χ2n) is 8.45. The fourth-order valence-corrected chi connectivity index (χ4v) is 4.79. The molecule has 0 bridgehead atoms. The molecule has 3 nitrogen and oxygen atoms in total. The molecular weight excluding hydrogens is 447 g/mol. The van der Waals surface area contributed by atoms with Crippen LogP contribution in [0.2, 0.25) is 5.02 Å². The van der Waals surface area contributed by atoms with Crippen LogP contribution >= 0.6 is 11.6 Å². The largest absolute Gasteiger partial charge is 0.306 e. The molecule has 2 aromatic carbocycles. The van der Waals surface area contributed by atoms with Crippen LogP contribution in [0.4, 0.5) is 13.2 Å². The SMILES string of the molecule is CN1CCC(c2cc(-c3ccc(F)cc3Cl)c3ccnc(-c4c(F)cccc4F)c3n2)CC1.